The van der Waals surface area contributed by atoms with E-state index in [1.807, 2.05) is 0 Å². The molecule has 12 heteroatoms. The Morgan fingerprint density at radius 2 is 1.74 bits per heavy atom. The van der Waals surface area contributed by atoms with Crippen LogP contribution in [0.4, 0.5) is 10.1 Å². The number of hydrogen-bond acceptors (Lipinski definition) is 8. The van der Waals surface area contributed by atoms with E-state index < -0.39 is 29.8 Å². The van der Waals surface area contributed by atoms with Crippen LogP contribution >= 0.6 is 0 Å². The summed E-state index contributed by atoms with van der Waals surface area (Å²) in [7, 11) is 1.24. The normalized spacial score (nSPS) is 12.6. The van der Waals surface area contributed by atoms with E-state index in [0.29, 0.717) is 16.8 Å². The van der Waals surface area contributed by atoms with Crippen molar-refractivity contribution >= 4 is 23.5 Å². The first-order valence-corrected chi connectivity index (χ1v) is 10.2. The summed E-state index contributed by atoms with van der Waals surface area (Å²) in [5, 5.41) is 26.9. The van der Waals surface area contributed by atoms with Crippen LogP contribution in [-0.4, -0.2) is 50.3 Å². The standard InChI is InChI=1S/C22H23FN6O5/c1-13(30)24-17-9-5-15(6-10-17)21(22-26-27-28-29(22)12-20(33)34-2)25-18(11-19(31)32)14-3-7-16(23)8-4-14/h3-10,18,21,25H,11-12H2,1-2H3,(H,24,30)(H,31,32). The highest BCUT2D eigenvalue weighted by atomic mass is 19.1. The smallest absolute Gasteiger partial charge is 0.327 e. The van der Waals surface area contributed by atoms with Crippen molar-refractivity contribution in [3.63, 3.8) is 0 Å². The Labute approximate surface area is 193 Å². The summed E-state index contributed by atoms with van der Waals surface area (Å²) in [4.78, 5) is 34.8. The van der Waals surface area contributed by atoms with Crippen LogP contribution in [0.2, 0.25) is 0 Å². The first-order valence-electron chi connectivity index (χ1n) is 10.2. The molecule has 2 unspecified atom stereocenters. The number of amides is 1. The Morgan fingerprint density at radius 1 is 1.09 bits per heavy atom. The van der Waals surface area contributed by atoms with Crippen molar-refractivity contribution in [2.45, 2.75) is 32.0 Å². The number of tetrazole rings is 1. The molecular weight excluding hydrogens is 447 g/mol. The molecule has 0 aliphatic heterocycles. The third-order valence-corrected chi connectivity index (χ3v) is 4.91. The molecule has 3 aromatic rings. The zero-order valence-electron chi connectivity index (χ0n) is 18.4. The monoisotopic (exact) mass is 470 g/mol. The predicted octanol–water partition coefficient (Wildman–Crippen LogP) is 1.84. The number of halogens is 1. The molecule has 0 aliphatic carbocycles. The largest absolute Gasteiger partial charge is 0.481 e. The SMILES string of the molecule is COC(=O)Cn1nnnc1C(NC(CC(=O)O)c1ccc(F)cc1)c1ccc(NC(C)=O)cc1. The Kier molecular flexibility index (Phi) is 7.98. The second kappa shape index (κ2) is 11.1. The van der Waals surface area contributed by atoms with E-state index in [1.165, 1.54) is 43.0 Å². The van der Waals surface area contributed by atoms with Gasteiger partial charge in [0.1, 0.15) is 12.4 Å². The van der Waals surface area contributed by atoms with Gasteiger partial charge in [-0.3, -0.25) is 19.7 Å². The van der Waals surface area contributed by atoms with Crippen LogP contribution in [0.25, 0.3) is 0 Å². The molecule has 0 fully saturated rings. The van der Waals surface area contributed by atoms with Crippen molar-refractivity contribution in [1.82, 2.24) is 25.5 Å². The number of nitrogens with zero attached hydrogens (tertiary/aromatic N) is 4. The molecule has 1 heterocycles. The Balaban J connectivity index is 2.02. The van der Waals surface area contributed by atoms with Crippen LogP contribution in [0.15, 0.2) is 48.5 Å². The molecule has 178 valence electrons. The number of aromatic nitrogens is 4. The molecule has 3 N–H and O–H groups in total. The fraction of sp³-hybridized carbons (Fsp3) is 0.273. The van der Waals surface area contributed by atoms with Gasteiger partial charge < -0.3 is 15.2 Å². The average molecular weight is 470 g/mol. The number of nitrogens with one attached hydrogen (secondary N) is 2. The van der Waals surface area contributed by atoms with Crippen LogP contribution in [0.3, 0.4) is 0 Å². The molecule has 0 aliphatic rings. The highest BCUT2D eigenvalue weighted by molar-refractivity contribution is 5.88. The highest BCUT2D eigenvalue weighted by Crippen LogP contribution is 2.28. The van der Waals surface area contributed by atoms with E-state index in [-0.39, 0.29) is 24.7 Å². The van der Waals surface area contributed by atoms with Gasteiger partial charge in [-0.1, -0.05) is 24.3 Å². The number of anilines is 1. The van der Waals surface area contributed by atoms with Gasteiger partial charge in [0.05, 0.1) is 19.6 Å². The van der Waals surface area contributed by atoms with Gasteiger partial charge in [0.15, 0.2) is 5.82 Å². The van der Waals surface area contributed by atoms with Crippen molar-refractivity contribution in [2.24, 2.45) is 0 Å². The van der Waals surface area contributed by atoms with E-state index in [1.54, 1.807) is 24.3 Å². The fourth-order valence-electron chi connectivity index (χ4n) is 3.34. The summed E-state index contributed by atoms with van der Waals surface area (Å²) in [6.07, 6.45) is -0.315. The Morgan fingerprint density at radius 3 is 2.32 bits per heavy atom. The minimum Gasteiger partial charge on any atom is -0.481 e. The number of carboxylic acid groups (broad SMARTS) is 1. The minimum atomic E-state index is -1.07. The maximum Gasteiger partial charge on any atom is 0.327 e. The molecule has 0 saturated heterocycles. The van der Waals surface area contributed by atoms with Gasteiger partial charge in [-0.25, -0.2) is 9.07 Å². The zero-order valence-corrected chi connectivity index (χ0v) is 18.4. The maximum absolute atomic E-state index is 13.5. The molecule has 34 heavy (non-hydrogen) atoms. The third kappa shape index (κ3) is 6.42. The molecule has 2 aromatic carbocycles. The molecular formula is C22H23FN6O5. The van der Waals surface area contributed by atoms with Gasteiger partial charge in [-0.05, 0) is 45.8 Å². The minimum absolute atomic E-state index is 0.232. The summed E-state index contributed by atoms with van der Waals surface area (Å²) in [5.41, 5.74) is 1.73. The van der Waals surface area contributed by atoms with E-state index in [9.17, 15) is 23.9 Å². The lowest BCUT2D eigenvalue weighted by molar-refractivity contribution is -0.141. The van der Waals surface area contributed by atoms with E-state index in [2.05, 4.69) is 26.2 Å². The topological polar surface area (TPSA) is 148 Å². The zero-order chi connectivity index (χ0) is 24.7. The number of carbonyl (C=O) groups excluding carboxylic acids is 2. The van der Waals surface area contributed by atoms with Crippen LogP contribution in [0.5, 0.6) is 0 Å². The lowest BCUT2D eigenvalue weighted by Gasteiger charge is -2.25. The summed E-state index contributed by atoms with van der Waals surface area (Å²) in [6, 6.07) is 10.7. The molecule has 1 aromatic heterocycles. The van der Waals surface area contributed by atoms with Crippen molar-refractivity contribution < 1.29 is 28.6 Å². The van der Waals surface area contributed by atoms with Crippen molar-refractivity contribution in [3.05, 3.63) is 71.3 Å². The first kappa shape index (κ1) is 24.5. The quantitative estimate of drug-likeness (QED) is 0.377. The molecule has 0 bridgehead atoms. The fourth-order valence-corrected chi connectivity index (χ4v) is 3.34. The average Bonchev–Trinajstić information content (AvgIpc) is 3.24. The number of methoxy groups -OCH3 is 1. The maximum atomic E-state index is 13.5. The van der Waals surface area contributed by atoms with Gasteiger partial charge in [-0.15, -0.1) is 5.10 Å². The molecule has 2 atom stereocenters. The molecule has 0 saturated carbocycles. The predicted molar refractivity (Wildman–Crippen MR) is 117 cm³/mol. The van der Waals surface area contributed by atoms with Gasteiger partial charge >= 0.3 is 11.9 Å². The van der Waals surface area contributed by atoms with Crippen LogP contribution < -0.4 is 10.6 Å². The number of carbonyl (C=O) groups is 3. The summed E-state index contributed by atoms with van der Waals surface area (Å²) in [6.45, 7) is 1.12. The number of rotatable bonds is 10. The van der Waals surface area contributed by atoms with Crippen LogP contribution in [0, 0.1) is 5.82 Å². The highest BCUT2D eigenvalue weighted by Gasteiger charge is 2.27. The first-order chi connectivity index (χ1) is 16.3. The van der Waals surface area contributed by atoms with Crippen LogP contribution in [-0.2, 0) is 25.7 Å². The van der Waals surface area contributed by atoms with E-state index in [4.69, 9.17) is 4.74 Å². The Bertz CT molecular complexity index is 1150. The lowest BCUT2D eigenvalue weighted by Crippen LogP contribution is -2.32. The summed E-state index contributed by atoms with van der Waals surface area (Å²) in [5.74, 6) is -2.10. The van der Waals surface area contributed by atoms with E-state index in [0.717, 1.165) is 0 Å². The number of benzene rings is 2. The van der Waals surface area contributed by atoms with Crippen molar-refractivity contribution in [1.29, 1.82) is 0 Å². The lowest BCUT2D eigenvalue weighted by atomic mass is 9.99. The third-order valence-electron chi connectivity index (χ3n) is 4.91. The number of carboxylic acids is 1. The van der Waals surface area contributed by atoms with Crippen molar-refractivity contribution in [2.75, 3.05) is 12.4 Å². The number of aliphatic carboxylic acids is 1. The molecule has 0 spiro atoms. The molecule has 11 nitrogen and oxygen atoms in total. The summed E-state index contributed by atoms with van der Waals surface area (Å²) < 4.78 is 19.4. The van der Waals surface area contributed by atoms with Crippen LogP contribution in [0.1, 0.15) is 42.4 Å². The van der Waals surface area contributed by atoms with Gasteiger partial charge in [-0.2, -0.15) is 0 Å². The number of hydrogen-bond donors (Lipinski definition) is 3. The summed E-state index contributed by atoms with van der Waals surface area (Å²) >= 11 is 0. The van der Waals surface area contributed by atoms with Gasteiger partial charge in [0.2, 0.25) is 5.91 Å². The second-order valence-corrected chi connectivity index (χ2v) is 7.38. The van der Waals surface area contributed by atoms with Gasteiger partial charge in [0, 0.05) is 18.7 Å². The van der Waals surface area contributed by atoms with Crippen molar-refractivity contribution in [3.8, 4) is 0 Å². The number of esters is 1. The molecule has 0 radical (unpaired) electrons. The molecule has 1 amide bonds. The second-order valence-electron chi connectivity index (χ2n) is 7.38. The number of ether oxygens (including phenoxy) is 1. The molecule has 3 rings (SSSR count). The van der Waals surface area contributed by atoms with E-state index >= 15 is 0 Å². The Hall–Kier alpha value is -4.19. The van der Waals surface area contributed by atoms with Gasteiger partial charge in [0.25, 0.3) is 0 Å².